The Morgan fingerprint density at radius 1 is 0.381 bits per heavy atom. The summed E-state index contributed by atoms with van der Waals surface area (Å²) in [5, 5.41) is 9.01. The number of ether oxygens (including phenoxy) is 5. The highest BCUT2D eigenvalue weighted by atomic mass is 35.5. The Bertz CT molecular complexity index is 6550. The van der Waals surface area contributed by atoms with Gasteiger partial charge in [0.25, 0.3) is 0 Å². The fraction of sp³-hybridized carbons (Fsp3) is 0.308. The van der Waals surface area contributed by atoms with Gasteiger partial charge >= 0.3 is 0 Å². The van der Waals surface area contributed by atoms with Crippen LogP contribution < -0.4 is 39.6 Å². The molecule has 30 heteroatoms. The van der Waals surface area contributed by atoms with Crippen LogP contribution in [-0.4, -0.2) is 199 Å². The second-order valence-electron chi connectivity index (χ2n) is 37.0. The van der Waals surface area contributed by atoms with Crippen molar-refractivity contribution in [3.8, 4) is 28.7 Å². The Morgan fingerprint density at radius 3 is 1.30 bits per heavy atom. The van der Waals surface area contributed by atoms with E-state index in [4.69, 9.17) is 46.9 Å². The third-order valence-electron chi connectivity index (χ3n) is 27.0. The molecule has 0 aliphatic carbocycles. The predicted octanol–water partition coefficient (Wildman–Crippen LogP) is 20.1. The third kappa shape index (κ3) is 30.5. The van der Waals surface area contributed by atoms with E-state index < -0.39 is 17.5 Å². The summed E-state index contributed by atoms with van der Waals surface area (Å²) < 4.78 is 67.9. The second kappa shape index (κ2) is 53.1. The number of nitrogens with one attached hydrogen (secondary N) is 3. The molecule has 9 amide bonds. The number of amides is 9. The maximum absolute atomic E-state index is 13.9. The molecule has 7 aliphatic rings. The number of fused-ring (bicyclic) bond motifs is 1. The van der Waals surface area contributed by atoms with E-state index in [9.17, 15) is 56.3 Å². The van der Waals surface area contributed by atoms with Crippen molar-refractivity contribution in [3.63, 3.8) is 0 Å². The minimum atomic E-state index is -0.939. The molecule has 3 N–H and O–H groups in total. The smallest absolute Gasteiger partial charge is 0.246 e. The topological polar surface area (TPSA) is 281 Å². The van der Waals surface area contributed by atoms with Crippen molar-refractivity contribution in [2.45, 2.75) is 127 Å². The number of carbonyl (C=O) groups is 9. The number of anilines is 3. The van der Waals surface area contributed by atoms with Crippen molar-refractivity contribution in [1.29, 1.82) is 0 Å². The maximum Gasteiger partial charge on any atom is 0.246 e. The molecule has 147 heavy (non-hydrogen) atoms. The molecule has 6 fully saturated rings. The molecule has 2 aromatic heterocycles. The van der Waals surface area contributed by atoms with Crippen LogP contribution in [0.25, 0.3) is 6.08 Å². The summed E-state index contributed by atoms with van der Waals surface area (Å²) in [6.45, 7) is 13.2. The van der Waals surface area contributed by atoms with Gasteiger partial charge in [0.1, 0.15) is 28.9 Å². The van der Waals surface area contributed by atoms with E-state index in [1.54, 1.807) is 67.8 Å². The van der Waals surface area contributed by atoms with Gasteiger partial charge in [-0.25, -0.2) is 18.2 Å². The Balaban J connectivity index is 0.000000139. The first kappa shape index (κ1) is 108. The summed E-state index contributed by atoms with van der Waals surface area (Å²) in [7, 11) is 5.00. The summed E-state index contributed by atoms with van der Waals surface area (Å²) in [4.78, 5) is 128. The number of methoxy groups -OCH3 is 3. The molecule has 0 radical (unpaired) electrons. The molecule has 25 nitrogen and oxygen atoms in total. The van der Waals surface area contributed by atoms with Crippen LogP contribution in [0.2, 0.25) is 10.0 Å². The lowest BCUT2D eigenvalue weighted by molar-refractivity contribution is -0.130. The summed E-state index contributed by atoms with van der Waals surface area (Å²) in [6, 6.07) is 80.3. The van der Waals surface area contributed by atoms with Gasteiger partial charge in [-0.05, 0) is 198 Å². The number of para-hydroxylation sites is 3. The fourth-order valence-electron chi connectivity index (χ4n) is 19.2. The molecule has 10 aromatic carbocycles. The van der Waals surface area contributed by atoms with Crippen LogP contribution in [-0.2, 0) is 75.3 Å². The zero-order valence-electron chi connectivity index (χ0n) is 83.3. The average Bonchev–Trinajstić information content (AvgIpc) is 1.69. The van der Waals surface area contributed by atoms with E-state index in [0.29, 0.717) is 91.5 Å². The molecule has 0 bridgehead atoms. The molecule has 0 spiro atoms. The number of halogens is 5. The molecular weight excluding hydrogens is 1910 g/mol. The average molecular weight is 2030 g/mol. The number of pyridine rings is 2. The second-order valence-corrected chi connectivity index (χ2v) is 37.9. The lowest BCUT2D eigenvalue weighted by Gasteiger charge is -2.18. The highest BCUT2D eigenvalue weighted by Crippen LogP contribution is 2.41. The fourth-order valence-corrected chi connectivity index (χ4v) is 19.7. The van der Waals surface area contributed by atoms with E-state index in [2.05, 4.69) is 62.3 Å². The molecule has 6 atom stereocenters. The predicted molar refractivity (Wildman–Crippen MR) is 563 cm³/mol. The van der Waals surface area contributed by atoms with E-state index >= 15 is 0 Å². The zero-order chi connectivity index (χ0) is 104. The van der Waals surface area contributed by atoms with Crippen molar-refractivity contribution in [2.24, 2.45) is 0 Å². The molecule has 6 unspecified atom stereocenters. The van der Waals surface area contributed by atoms with Gasteiger partial charge in [0.15, 0.2) is 23.1 Å². The van der Waals surface area contributed by atoms with Gasteiger partial charge in [-0.2, -0.15) is 0 Å². The molecule has 6 saturated heterocycles. The van der Waals surface area contributed by atoms with Crippen molar-refractivity contribution < 1.29 is 80.0 Å². The van der Waals surface area contributed by atoms with Gasteiger partial charge < -0.3 is 69.0 Å². The summed E-state index contributed by atoms with van der Waals surface area (Å²) in [5.41, 5.74) is 12.4. The lowest BCUT2D eigenvalue weighted by atomic mass is 9.97. The number of hydrogen-bond donors (Lipinski definition) is 3. The highest BCUT2D eigenvalue weighted by molar-refractivity contribution is 6.32. The van der Waals surface area contributed by atoms with E-state index in [1.807, 2.05) is 202 Å². The van der Waals surface area contributed by atoms with Crippen molar-refractivity contribution >= 4 is 99.6 Å². The number of nitrogens with zero attached hydrogens (tertiary/aromatic N) is 8. The maximum atomic E-state index is 13.9. The van der Waals surface area contributed by atoms with Crippen LogP contribution in [0.15, 0.2) is 279 Å². The molecule has 19 rings (SSSR count). The van der Waals surface area contributed by atoms with Gasteiger partial charge in [-0.1, -0.05) is 181 Å². The first-order valence-electron chi connectivity index (χ1n) is 49.4. The van der Waals surface area contributed by atoms with E-state index in [-0.39, 0.29) is 95.8 Å². The van der Waals surface area contributed by atoms with Crippen molar-refractivity contribution in [1.82, 2.24) is 39.4 Å². The van der Waals surface area contributed by atoms with E-state index in [1.165, 1.54) is 61.7 Å². The van der Waals surface area contributed by atoms with Gasteiger partial charge in [0.2, 0.25) is 60.0 Å². The minimum Gasteiger partial charge on any atom is -0.496 e. The van der Waals surface area contributed by atoms with Crippen molar-refractivity contribution in [2.75, 3.05) is 123 Å². The molecule has 9 heterocycles. The van der Waals surface area contributed by atoms with Crippen LogP contribution in [0.3, 0.4) is 0 Å². The number of rotatable bonds is 24. The number of hydrogen-bond acceptors (Lipinski definition) is 16. The Labute approximate surface area is 865 Å². The first-order chi connectivity index (χ1) is 71.2. The lowest BCUT2D eigenvalue weighted by Crippen LogP contribution is -2.30. The Morgan fingerprint density at radius 2 is 0.803 bits per heavy atom. The monoisotopic (exact) mass is 2030 g/mol. The minimum absolute atomic E-state index is 0.00984. The molecular formula is C117H122Cl2F3N11O14. The highest BCUT2D eigenvalue weighted by Gasteiger charge is 2.36. The molecule has 12 aromatic rings. The summed E-state index contributed by atoms with van der Waals surface area (Å²) in [5.74, 6) is 3.92. The van der Waals surface area contributed by atoms with Crippen molar-refractivity contribution in [3.05, 3.63) is 374 Å². The van der Waals surface area contributed by atoms with Crippen LogP contribution in [0.4, 0.5) is 30.4 Å². The first-order valence-corrected chi connectivity index (χ1v) is 50.1. The third-order valence-corrected chi connectivity index (χ3v) is 27.7. The van der Waals surface area contributed by atoms with Crippen LogP contribution >= 0.6 is 23.2 Å². The van der Waals surface area contributed by atoms with E-state index in [0.717, 1.165) is 170 Å². The normalized spacial score (nSPS) is 17.2. The number of likely N-dealkylation sites (tertiary alicyclic amines) is 6. The molecule has 764 valence electrons. The number of benzene rings is 10. The SMILES string of the molecule is CC(=O)Nc1ccc(/C=C/C(=O)N2CCC(c3ccccn3)C2)cn1.CC(=O)Nc1ccc(CC(=O)N2CCC(c3ccccc3)C2)cc1.COc1ccccc1C1CCN(C(=O)Cc2ccc(NC(C)=O)cc2)C1.COc1ccccc1C1CCN(C(=O)Cc2cccc(F)c2F)C1.COc1ccccc1C1CCN(C(=O)Cc2ccccc2Cl)C1.O=C(Cc1c(F)cccc1Cl)N1CCC(c2ccc3c(c2)OCO3)C1. The summed E-state index contributed by atoms with van der Waals surface area (Å²) in [6.07, 6.45) is 13.3. The van der Waals surface area contributed by atoms with Gasteiger partial charge in [-0.3, -0.25) is 48.1 Å². The van der Waals surface area contributed by atoms with Gasteiger partial charge in [0, 0.05) is 192 Å². The zero-order valence-corrected chi connectivity index (χ0v) is 84.8. The van der Waals surface area contributed by atoms with Gasteiger partial charge in [0.05, 0.1) is 53.4 Å². The standard InChI is InChI=1S/C21H24N2O3.C20H22N2O2.C19H17ClFNO3.C19H20ClNO2.C19H19F2NO2.C19H20N4O2/c1-15(24)22-18-9-7-16(8-10-18)13-21(25)23-12-11-17(14-23)19-5-3-4-6-20(19)26-2;1-15(23)21-19-9-7-16(8-10-19)13-20(24)22-12-11-18(14-22)17-5-3-2-4-6-17;20-15-2-1-3-16(21)14(15)9-19(23)22-7-6-13(10-22)12-4-5-17-18(8-12)25-11-24-17;1-23-18-9-5-3-7-16(18)15-10-11-21(13-15)19(22)12-14-6-2-4-8-17(14)20;1-24-17-8-3-2-6-15(17)14-9-10-22(12-14)18(23)11-13-5-4-7-16(20)19(13)21;1-14(24)22-18-7-5-15(12-21-18)6-8-19(25)23-11-9-16(13-23)17-4-2-3-10-20-17/h3-10,17H,11-14H2,1-2H3,(H,22,24);2-10,18H,11-14H2,1H3,(H,21,23);1-5,8,13H,6-7,9-11H2;2-9,15H,10-13H2,1H3;2-8,14H,9-12H2,1H3;2-8,10,12,16H,9,11,13H2,1H3,(H,21,22,24)/b;;;;;8-6+. The Kier molecular flexibility index (Phi) is 38.9. The number of aromatic nitrogens is 2. The van der Waals surface area contributed by atoms with Crippen LogP contribution in [0.5, 0.6) is 28.7 Å². The number of carbonyl (C=O) groups excluding carboxylic acids is 9. The molecule has 7 aliphatic heterocycles. The van der Waals surface area contributed by atoms with Crippen LogP contribution in [0.1, 0.15) is 162 Å². The quantitative estimate of drug-likeness (QED) is 0.0474. The molecule has 0 saturated carbocycles. The largest absolute Gasteiger partial charge is 0.496 e. The van der Waals surface area contributed by atoms with Gasteiger partial charge in [-0.15, -0.1) is 0 Å². The Hall–Kier alpha value is -15.2. The summed E-state index contributed by atoms with van der Waals surface area (Å²) >= 11 is 12.2. The van der Waals surface area contributed by atoms with Crippen LogP contribution in [0, 0.1) is 17.5 Å².